The fraction of sp³-hybridized carbons (Fsp3) is 0.435. The largest absolute Gasteiger partial charge is 0.494 e. The summed E-state index contributed by atoms with van der Waals surface area (Å²) >= 11 is 2.94. The Balaban J connectivity index is 1.79. The summed E-state index contributed by atoms with van der Waals surface area (Å²) in [5, 5.41) is 4.18. The Morgan fingerprint density at radius 1 is 1.23 bits per heavy atom. The molecule has 2 aromatic heterocycles. The molecule has 4 rings (SSSR count). The zero-order valence-electron chi connectivity index (χ0n) is 17.9. The Bertz CT molecular complexity index is 1140. The van der Waals surface area contributed by atoms with E-state index in [1.165, 1.54) is 22.2 Å². The minimum Gasteiger partial charge on any atom is -0.494 e. The van der Waals surface area contributed by atoms with Crippen LogP contribution < -0.4 is 15.6 Å². The molecule has 0 atom stereocenters. The van der Waals surface area contributed by atoms with Gasteiger partial charge >= 0.3 is 0 Å². The van der Waals surface area contributed by atoms with E-state index < -0.39 is 0 Å². The van der Waals surface area contributed by atoms with Crippen LogP contribution >= 0.6 is 23.1 Å². The number of fused-ring (bicyclic) bond motifs is 3. The normalized spacial score (nSPS) is 13.2. The number of ether oxygens (including phenoxy) is 1. The SMILES string of the molecule is CCCNC(=O)CSc1nc2sc3c(c2c(=O)n1-c1ccc(OCC)cc1)CCCC3. The van der Waals surface area contributed by atoms with Crippen LogP contribution in [0, 0.1) is 0 Å². The van der Waals surface area contributed by atoms with Crippen LogP contribution in [-0.2, 0) is 17.6 Å². The molecule has 1 aliphatic carbocycles. The maximum Gasteiger partial charge on any atom is 0.267 e. The number of thioether (sulfide) groups is 1. The molecule has 0 bridgehead atoms. The quantitative estimate of drug-likeness (QED) is 0.402. The van der Waals surface area contributed by atoms with Crippen molar-refractivity contribution in [1.29, 1.82) is 0 Å². The summed E-state index contributed by atoms with van der Waals surface area (Å²) in [4.78, 5) is 32.8. The first kappa shape index (κ1) is 21.9. The summed E-state index contributed by atoms with van der Waals surface area (Å²) in [5.74, 6) is 0.930. The number of thiophene rings is 1. The lowest BCUT2D eigenvalue weighted by Crippen LogP contribution is -2.27. The minimum absolute atomic E-state index is 0.0509. The molecule has 1 aliphatic rings. The molecule has 0 saturated heterocycles. The van der Waals surface area contributed by atoms with Gasteiger partial charge in [0.25, 0.3) is 5.56 Å². The molecule has 1 aromatic carbocycles. The Labute approximate surface area is 190 Å². The summed E-state index contributed by atoms with van der Waals surface area (Å²) in [6.07, 6.45) is 5.10. The van der Waals surface area contributed by atoms with Crippen LogP contribution in [0.4, 0.5) is 0 Å². The van der Waals surface area contributed by atoms with Gasteiger partial charge in [0, 0.05) is 11.4 Å². The number of benzene rings is 1. The Kier molecular flexibility index (Phi) is 6.97. The van der Waals surface area contributed by atoms with Crippen molar-refractivity contribution in [2.45, 2.75) is 51.1 Å². The fourth-order valence-corrected chi connectivity index (χ4v) is 5.96. The zero-order valence-corrected chi connectivity index (χ0v) is 19.5. The van der Waals surface area contributed by atoms with E-state index in [1.807, 2.05) is 38.1 Å². The van der Waals surface area contributed by atoms with Gasteiger partial charge in [0.2, 0.25) is 5.91 Å². The summed E-state index contributed by atoms with van der Waals surface area (Å²) in [5.41, 5.74) is 1.85. The minimum atomic E-state index is -0.0510. The van der Waals surface area contributed by atoms with Crippen molar-refractivity contribution in [2.24, 2.45) is 0 Å². The molecule has 2 heterocycles. The smallest absolute Gasteiger partial charge is 0.267 e. The highest BCUT2D eigenvalue weighted by molar-refractivity contribution is 7.99. The highest BCUT2D eigenvalue weighted by Crippen LogP contribution is 2.35. The van der Waals surface area contributed by atoms with Gasteiger partial charge in [-0.2, -0.15) is 0 Å². The summed E-state index contributed by atoms with van der Waals surface area (Å²) in [7, 11) is 0. The van der Waals surface area contributed by atoms with Gasteiger partial charge in [-0.3, -0.25) is 14.2 Å². The van der Waals surface area contributed by atoms with E-state index >= 15 is 0 Å². The van der Waals surface area contributed by atoms with E-state index in [-0.39, 0.29) is 17.2 Å². The third-order valence-electron chi connectivity index (χ3n) is 5.27. The van der Waals surface area contributed by atoms with Crippen molar-refractivity contribution < 1.29 is 9.53 Å². The number of carbonyl (C=O) groups is 1. The lowest BCUT2D eigenvalue weighted by Gasteiger charge is -2.14. The van der Waals surface area contributed by atoms with Crippen molar-refractivity contribution in [3.63, 3.8) is 0 Å². The molecule has 8 heteroatoms. The van der Waals surface area contributed by atoms with E-state index in [9.17, 15) is 9.59 Å². The molecule has 0 spiro atoms. The Morgan fingerprint density at radius 3 is 2.74 bits per heavy atom. The molecule has 164 valence electrons. The van der Waals surface area contributed by atoms with Gasteiger partial charge in [-0.05, 0) is 68.9 Å². The van der Waals surface area contributed by atoms with Gasteiger partial charge in [0.05, 0.1) is 23.4 Å². The molecule has 1 amide bonds. The van der Waals surface area contributed by atoms with Crippen LogP contribution in [0.3, 0.4) is 0 Å². The van der Waals surface area contributed by atoms with Crippen LogP contribution in [0.2, 0.25) is 0 Å². The first-order valence-electron chi connectivity index (χ1n) is 10.8. The predicted molar refractivity (Wildman–Crippen MR) is 127 cm³/mol. The lowest BCUT2D eigenvalue weighted by atomic mass is 9.97. The summed E-state index contributed by atoms with van der Waals surface area (Å²) < 4.78 is 7.20. The van der Waals surface area contributed by atoms with Crippen LogP contribution in [0.1, 0.15) is 43.6 Å². The van der Waals surface area contributed by atoms with E-state index in [2.05, 4.69) is 5.32 Å². The first-order chi connectivity index (χ1) is 15.1. The van der Waals surface area contributed by atoms with Gasteiger partial charge in [-0.15, -0.1) is 11.3 Å². The predicted octanol–water partition coefficient (Wildman–Crippen LogP) is 4.34. The summed E-state index contributed by atoms with van der Waals surface area (Å²) in [6, 6.07) is 7.47. The number of aryl methyl sites for hydroxylation is 2. The number of hydrogen-bond donors (Lipinski definition) is 1. The van der Waals surface area contributed by atoms with Crippen LogP contribution in [0.5, 0.6) is 5.75 Å². The average molecular weight is 458 g/mol. The second-order valence-electron chi connectivity index (χ2n) is 7.49. The van der Waals surface area contributed by atoms with E-state index in [0.29, 0.717) is 18.3 Å². The number of rotatable bonds is 8. The van der Waals surface area contributed by atoms with Crippen LogP contribution in [0.25, 0.3) is 15.9 Å². The Hall–Kier alpha value is -2.32. The molecule has 6 nitrogen and oxygen atoms in total. The van der Waals surface area contributed by atoms with Crippen LogP contribution in [-0.4, -0.2) is 34.4 Å². The van der Waals surface area contributed by atoms with E-state index in [1.54, 1.807) is 15.9 Å². The number of nitrogens with zero attached hydrogens (tertiary/aromatic N) is 2. The molecule has 1 N–H and O–H groups in total. The number of hydrogen-bond acceptors (Lipinski definition) is 6. The first-order valence-corrected chi connectivity index (χ1v) is 12.6. The van der Waals surface area contributed by atoms with Crippen molar-refractivity contribution in [3.8, 4) is 11.4 Å². The molecule has 0 radical (unpaired) electrons. The van der Waals surface area contributed by atoms with Crippen molar-refractivity contribution >= 4 is 39.2 Å². The van der Waals surface area contributed by atoms with Gasteiger partial charge in [0.15, 0.2) is 5.16 Å². The summed E-state index contributed by atoms with van der Waals surface area (Å²) in [6.45, 7) is 5.19. The standard InChI is InChI=1S/C23H27N3O3S2/c1-3-13-24-19(27)14-30-23-25-21-20(17-7-5-6-8-18(17)31-21)22(28)26(23)15-9-11-16(12-10-15)29-4-2/h9-12H,3-8,13-14H2,1-2H3,(H,24,27). The maximum atomic E-state index is 13.7. The average Bonchev–Trinajstić information content (AvgIpc) is 3.16. The molecule has 0 unspecified atom stereocenters. The third kappa shape index (κ3) is 4.65. The van der Waals surface area contributed by atoms with E-state index in [4.69, 9.17) is 9.72 Å². The Morgan fingerprint density at radius 2 is 2.00 bits per heavy atom. The number of amides is 1. The van der Waals surface area contributed by atoms with Gasteiger partial charge in [0.1, 0.15) is 10.6 Å². The molecule has 0 saturated carbocycles. The topological polar surface area (TPSA) is 73.2 Å². The van der Waals surface area contributed by atoms with Crippen molar-refractivity contribution in [2.75, 3.05) is 18.9 Å². The second kappa shape index (κ2) is 9.87. The van der Waals surface area contributed by atoms with Crippen molar-refractivity contribution in [1.82, 2.24) is 14.9 Å². The maximum absolute atomic E-state index is 13.7. The monoisotopic (exact) mass is 457 g/mol. The van der Waals surface area contributed by atoms with Crippen LogP contribution in [0.15, 0.2) is 34.2 Å². The van der Waals surface area contributed by atoms with Crippen molar-refractivity contribution in [3.05, 3.63) is 45.1 Å². The van der Waals surface area contributed by atoms with Gasteiger partial charge in [-0.1, -0.05) is 18.7 Å². The molecular formula is C23H27N3O3S2. The van der Waals surface area contributed by atoms with E-state index in [0.717, 1.165) is 53.8 Å². The molecule has 31 heavy (non-hydrogen) atoms. The number of aromatic nitrogens is 2. The molecule has 0 fully saturated rings. The molecule has 0 aliphatic heterocycles. The third-order valence-corrected chi connectivity index (χ3v) is 7.39. The van der Waals surface area contributed by atoms with Gasteiger partial charge < -0.3 is 10.1 Å². The number of nitrogens with one attached hydrogen (secondary N) is 1. The highest BCUT2D eigenvalue weighted by atomic mass is 32.2. The fourth-order valence-electron chi connectivity index (χ4n) is 3.81. The highest BCUT2D eigenvalue weighted by Gasteiger charge is 2.23. The molecule has 3 aromatic rings. The zero-order chi connectivity index (χ0) is 21.8. The number of carbonyl (C=O) groups excluding carboxylic acids is 1. The second-order valence-corrected chi connectivity index (χ2v) is 9.52. The lowest BCUT2D eigenvalue weighted by molar-refractivity contribution is -0.118. The molecular weight excluding hydrogens is 430 g/mol. The van der Waals surface area contributed by atoms with Gasteiger partial charge in [-0.25, -0.2) is 4.98 Å².